The summed E-state index contributed by atoms with van der Waals surface area (Å²) in [4.78, 5) is 42.9. The molecule has 2 aromatic heterocycles. The number of hydrogen-bond donors (Lipinski definition) is 2. The lowest BCUT2D eigenvalue weighted by Gasteiger charge is -2.09. The predicted octanol–water partition coefficient (Wildman–Crippen LogP) is 2.07. The number of ether oxygens (including phenoxy) is 2. The maximum absolute atomic E-state index is 13.1. The Morgan fingerprint density at radius 3 is 2.76 bits per heavy atom. The molecule has 0 bridgehead atoms. The van der Waals surface area contributed by atoms with Gasteiger partial charge in [-0.05, 0) is 24.6 Å². The van der Waals surface area contributed by atoms with Gasteiger partial charge in [0.2, 0.25) is 0 Å². The van der Waals surface area contributed by atoms with Crippen molar-refractivity contribution in [1.29, 1.82) is 0 Å². The first kappa shape index (κ1) is 18.6. The van der Waals surface area contributed by atoms with Crippen LogP contribution in [-0.4, -0.2) is 26.7 Å². The van der Waals surface area contributed by atoms with Gasteiger partial charge in [0.1, 0.15) is 5.65 Å². The van der Waals surface area contributed by atoms with Gasteiger partial charge in [-0.2, -0.15) is 0 Å². The van der Waals surface area contributed by atoms with E-state index in [1.807, 2.05) is 6.92 Å². The van der Waals surface area contributed by atoms with Gasteiger partial charge in [-0.1, -0.05) is 6.92 Å². The third-order valence-corrected chi connectivity index (χ3v) is 4.20. The second-order valence-corrected chi connectivity index (χ2v) is 6.29. The zero-order valence-corrected chi connectivity index (χ0v) is 15.0. The molecular weight excluding hydrogens is 390 g/mol. The maximum atomic E-state index is 13.1. The number of rotatable bonds is 4. The van der Waals surface area contributed by atoms with Crippen molar-refractivity contribution in [3.8, 4) is 11.5 Å². The third kappa shape index (κ3) is 3.42. The molecule has 0 saturated heterocycles. The second kappa shape index (κ2) is 6.69. The molecular formula is C18H14F2N4O5. The lowest BCUT2D eigenvalue weighted by atomic mass is 10.2. The van der Waals surface area contributed by atoms with Crippen molar-refractivity contribution in [2.45, 2.75) is 26.2 Å². The minimum absolute atomic E-state index is 0.0488. The van der Waals surface area contributed by atoms with E-state index in [0.29, 0.717) is 13.0 Å². The SMILES string of the molecule is CCCn1c(=O)[nH]c(=O)c2cc(C(=O)Nc3ccc4c(c3)OC(F)(F)O4)cnc21. The van der Waals surface area contributed by atoms with Gasteiger partial charge in [-0.15, -0.1) is 8.78 Å². The minimum atomic E-state index is -3.76. The second-order valence-electron chi connectivity index (χ2n) is 6.29. The molecule has 1 amide bonds. The topological polar surface area (TPSA) is 115 Å². The Morgan fingerprint density at radius 2 is 2.00 bits per heavy atom. The summed E-state index contributed by atoms with van der Waals surface area (Å²) >= 11 is 0. The molecule has 0 radical (unpaired) electrons. The molecule has 150 valence electrons. The van der Waals surface area contributed by atoms with E-state index in [0.717, 1.165) is 0 Å². The Kier molecular flexibility index (Phi) is 4.29. The van der Waals surface area contributed by atoms with Crippen molar-refractivity contribution in [2.24, 2.45) is 0 Å². The highest BCUT2D eigenvalue weighted by molar-refractivity contribution is 6.05. The molecule has 0 aliphatic carbocycles. The fourth-order valence-corrected chi connectivity index (χ4v) is 2.95. The number of halogens is 2. The molecule has 1 aliphatic heterocycles. The van der Waals surface area contributed by atoms with Crippen LogP contribution < -0.4 is 26.0 Å². The van der Waals surface area contributed by atoms with Gasteiger partial charge in [0.25, 0.3) is 11.5 Å². The summed E-state index contributed by atoms with van der Waals surface area (Å²) in [6.45, 7) is 2.22. The highest BCUT2D eigenvalue weighted by Gasteiger charge is 2.43. The van der Waals surface area contributed by atoms with Gasteiger partial charge in [-0.3, -0.25) is 19.1 Å². The lowest BCUT2D eigenvalue weighted by Crippen LogP contribution is -2.31. The van der Waals surface area contributed by atoms with Crippen molar-refractivity contribution >= 4 is 22.6 Å². The number of benzene rings is 1. The number of alkyl halides is 2. The van der Waals surface area contributed by atoms with Gasteiger partial charge in [0.05, 0.1) is 10.9 Å². The molecule has 2 N–H and O–H groups in total. The number of nitrogens with one attached hydrogen (secondary N) is 2. The standard InChI is InChI=1S/C18H14F2N4O5/c1-2-5-24-14-11(16(26)23-17(24)27)6-9(8-21-14)15(25)22-10-3-4-12-13(7-10)29-18(19,20)28-12/h3-4,6-8H,2,5H2,1H3,(H,22,25)(H,23,26,27). The fraction of sp³-hybridized carbons (Fsp3) is 0.222. The number of anilines is 1. The zero-order chi connectivity index (χ0) is 20.8. The van der Waals surface area contributed by atoms with Crippen LogP contribution in [0.2, 0.25) is 0 Å². The van der Waals surface area contributed by atoms with Crippen LogP contribution in [0.3, 0.4) is 0 Å². The molecule has 29 heavy (non-hydrogen) atoms. The monoisotopic (exact) mass is 404 g/mol. The number of aryl methyl sites for hydroxylation is 1. The van der Waals surface area contributed by atoms with Crippen LogP contribution in [-0.2, 0) is 6.54 Å². The first-order valence-electron chi connectivity index (χ1n) is 8.61. The molecule has 4 rings (SSSR count). The average molecular weight is 404 g/mol. The number of aromatic nitrogens is 3. The Hall–Kier alpha value is -3.76. The van der Waals surface area contributed by atoms with E-state index in [2.05, 4.69) is 24.8 Å². The van der Waals surface area contributed by atoms with Crippen LogP contribution in [0.1, 0.15) is 23.7 Å². The summed E-state index contributed by atoms with van der Waals surface area (Å²) in [5, 5.41) is 2.59. The number of aromatic amines is 1. The molecule has 9 nitrogen and oxygen atoms in total. The first-order valence-corrected chi connectivity index (χ1v) is 8.61. The fourth-order valence-electron chi connectivity index (χ4n) is 2.95. The maximum Gasteiger partial charge on any atom is 0.586 e. The molecule has 3 aromatic rings. The van der Waals surface area contributed by atoms with Crippen LogP contribution in [0.15, 0.2) is 40.1 Å². The van der Waals surface area contributed by atoms with Crippen molar-refractivity contribution < 1.29 is 23.0 Å². The quantitative estimate of drug-likeness (QED) is 0.688. The Morgan fingerprint density at radius 1 is 1.24 bits per heavy atom. The number of hydrogen-bond acceptors (Lipinski definition) is 6. The van der Waals surface area contributed by atoms with Crippen molar-refractivity contribution in [3.63, 3.8) is 0 Å². The van der Waals surface area contributed by atoms with E-state index in [4.69, 9.17) is 0 Å². The number of amides is 1. The van der Waals surface area contributed by atoms with Gasteiger partial charge in [0.15, 0.2) is 11.5 Å². The summed E-state index contributed by atoms with van der Waals surface area (Å²) in [6.07, 6.45) is -1.89. The van der Waals surface area contributed by atoms with Gasteiger partial charge >= 0.3 is 12.0 Å². The number of nitrogens with zero attached hydrogens (tertiary/aromatic N) is 2. The van der Waals surface area contributed by atoms with E-state index in [9.17, 15) is 23.2 Å². The number of carbonyl (C=O) groups excluding carboxylic acids is 1. The predicted molar refractivity (Wildman–Crippen MR) is 97.5 cm³/mol. The Bertz CT molecular complexity index is 1250. The number of carbonyl (C=O) groups is 1. The molecule has 0 atom stereocenters. The van der Waals surface area contributed by atoms with E-state index < -0.39 is 23.5 Å². The Labute approximate surface area is 160 Å². The molecule has 3 heterocycles. The highest BCUT2D eigenvalue weighted by atomic mass is 19.3. The lowest BCUT2D eigenvalue weighted by molar-refractivity contribution is -0.286. The molecule has 1 aliphatic rings. The molecule has 0 saturated carbocycles. The van der Waals surface area contributed by atoms with E-state index in [1.165, 1.54) is 35.0 Å². The summed E-state index contributed by atoms with van der Waals surface area (Å²) in [5.74, 6) is -0.997. The number of H-pyrrole nitrogens is 1. The van der Waals surface area contributed by atoms with Crippen LogP contribution >= 0.6 is 0 Å². The molecule has 0 fully saturated rings. The molecule has 0 spiro atoms. The van der Waals surface area contributed by atoms with Crippen LogP contribution in [0.4, 0.5) is 14.5 Å². The average Bonchev–Trinajstić information content (AvgIpc) is 2.97. The molecule has 0 unspecified atom stereocenters. The van der Waals surface area contributed by atoms with Crippen LogP contribution in [0.5, 0.6) is 11.5 Å². The number of pyridine rings is 1. The van der Waals surface area contributed by atoms with E-state index in [-0.39, 0.29) is 33.8 Å². The smallest absolute Gasteiger partial charge is 0.395 e. The van der Waals surface area contributed by atoms with Crippen molar-refractivity contribution in [3.05, 3.63) is 56.9 Å². The minimum Gasteiger partial charge on any atom is -0.395 e. The summed E-state index contributed by atoms with van der Waals surface area (Å²) in [6, 6.07) is 5.10. The third-order valence-electron chi connectivity index (χ3n) is 4.20. The first-order chi connectivity index (χ1) is 13.8. The van der Waals surface area contributed by atoms with Gasteiger partial charge in [0, 0.05) is 24.5 Å². The van der Waals surface area contributed by atoms with Crippen molar-refractivity contribution in [2.75, 3.05) is 5.32 Å². The van der Waals surface area contributed by atoms with Gasteiger partial charge in [-0.25, -0.2) is 9.78 Å². The van der Waals surface area contributed by atoms with E-state index in [1.54, 1.807) is 0 Å². The zero-order valence-electron chi connectivity index (χ0n) is 15.0. The number of fused-ring (bicyclic) bond motifs is 2. The van der Waals surface area contributed by atoms with Gasteiger partial charge < -0.3 is 14.8 Å². The summed E-state index contributed by atoms with van der Waals surface area (Å²) in [7, 11) is 0. The largest absolute Gasteiger partial charge is 0.586 e. The molecule has 1 aromatic carbocycles. The Balaban J connectivity index is 1.65. The summed E-state index contributed by atoms with van der Waals surface area (Å²) in [5.41, 5.74) is -0.841. The van der Waals surface area contributed by atoms with Crippen molar-refractivity contribution in [1.82, 2.24) is 14.5 Å². The normalized spacial score (nSPS) is 14.2. The highest BCUT2D eigenvalue weighted by Crippen LogP contribution is 2.42. The van der Waals surface area contributed by atoms with Crippen LogP contribution in [0, 0.1) is 0 Å². The molecule has 11 heteroatoms. The van der Waals surface area contributed by atoms with E-state index >= 15 is 0 Å². The summed E-state index contributed by atoms with van der Waals surface area (Å²) < 4.78 is 36.2. The van der Waals surface area contributed by atoms with Crippen LogP contribution in [0.25, 0.3) is 11.0 Å².